The number of para-hydroxylation sites is 3. The summed E-state index contributed by atoms with van der Waals surface area (Å²) >= 11 is 0. The highest BCUT2D eigenvalue weighted by Gasteiger charge is 2.17. The number of aromatic hydroxyl groups is 1. The van der Waals surface area contributed by atoms with Crippen LogP contribution in [0.1, 0.15) is 76.7 Å². The van der Waals surface area contributed by atoms with Gasteiger partial charge in [0, 0.05) is 0 Å². The van der Waals surface area contributed by atoms with Gasteiger partial charge in [0.15, 0.2) is 11.5 Å². The second-order valence-corrected chi connectivity index (χ2v) is 6.80. The van der Waals surface area contributed by atoms with E-state index in [1.807, 2.05) is 30.3 Å². The Labute approximate surface area is 152 Å². The molecule has 0 aliphatic heterocycles. The van der Waals surface area contributed by atoms with Crippen molar-refractivity contribution in [3.05, 3.63) is 54.1 Å². The Morgan fingerprint density at radius 3 is 2.12 bits per heavy atom. The standard InChI is InChI=1S/C23H32O2/c1-3-5-7-8-14-19(13-6-4-2)20-15-9-11-17-22(20)25-23-18-12-10-16-21(23)24/h9-12,15-19,24H,3-8,13-14H2,1-2H3. The van der Waals surface area contributed by atoms with Crippen molar-refractivity contribution in [2.24, 2.45) is 0 Å². The number of phenolic OH excluding ortho intramolecular Hbond substituents is 1. The van der Waals surface area contributed by atoms with Gasteiger partial charge >= 0.3 is 0 Å². The van der Waals surface area contributed by atoms with E-state index in [1.165, 1.54) is 56.9 Å². The van der Waals surface area contributed by atoms with Crippen LogP contribution in [0.4, 0.5) is 0 Å². The van der Waals surface area contributed by atoms with E-state index in [4.69, 9.17) is 4.74 Å². The van der Waals surface area contributed by atoms with Crippen molar-refractivity contribution in [2.75, 3.05) is 0 Å². The molecular formula is C23H32O2. The van der Waals surface area contributed by atoms with Crippen LogP contribution in [-0.2, 0) is 0 Å². The smallest absolute Gasteiger partial charge is 0.169 e. The molecule has 0 aromatic heterocycles. The molecule has 0 saturated carbocycles. The first-order valence-corrected chi connectivity index (χ1v) is 9.81. The molecule has 25 heavy (non-hydrogen) atoms. The van der Waals surface area contributed by atoms with E-state index in [1.54, 1.807) is 6.07 Å². The van der Waals surface area contributed by atoms with Gasteiger partial charge in [-0.25, -0.2) is 0 Å². The highest BCUT2D eigenvalue weighted by molar-refractivity contribution is 5.45. The number of unbranched alkanes of at least 4 members (excludes halogenated alkanes) is 4. The molecule has 1 unspecified atom stereocenters. The van der Waals surface area contributed by atoms with E-state index in [-0.39, 0.29) is 5.75 Å². The summed E-state index contributed by atoms with van der Waals surface area (Å²) in [5.41, 5.74) is 1.27. The first-order chi connectivity index (χ1) is 12.3. The number of phenols is 1. The summed E-state index contributed by atoms with van der Waals surface area (Å²) in [5.74, 6) is 2.11. The fourth-order valence-corrected chi connectivity index (χ4v) is 3.30. The Bertz CT molecular complexity index is 621. The summed E-state index contributed by atoms with van der Waals surface area (Å²) in [5, 5.41) is 10.0. The van der Waals surface area contributed by atoms with Gasteiger partial charge in [-0.05, 0) is 42.5 Å². The van der Waals surface area contributed by atoms with Crippen LogP contribution in [-0.4, -0.2) is 5.11 Å². The first kappa shape index (κ1) is 19.4. The van der Waals surface area contributed by atoms with Crippen LogP contribution >= 0.6 is 0 Å². The molecule has 0 heterocycles. The summed E-state index contributed by atoms with van der Waals surface area (Å²) in [6, 6.07) is 15.5. The molecule has 2 aromatic carbocycles. The molecule has 1 atom stereocenters. The molecule has 0 radical (unpaired) electrons. The SMILES string of the molecule is CCCCCCC(CCCC)c1ccccc1Oc1ccccc1O. The summed E-state index contributed by atoms with van der Waals surface area (Å²) in [6.45, 7) is 4.50. The zero-order valence-corrected chi connectivity index (χ0v) is 15.7. The number of hydrogen-bond acceptors (Lipinski definition) is 2. The monoisotopic (exact) mass is 340 g/mol. The molecule has 0 amide bonds. The summed E-state index contributed by atoms with van der Waals surface area (Å²) in [4.78, 5) is 0. The van der Waals surface area contributed by atoms with Crippen LogP contribution in [0, 0.1) is 0 Å². The topological polar surface area (TPSA) is 29.5 Å². The third-order valence-electron chi connectivity index (χ3n) is 4.76. The highest BCUT2D eigenvalue weighted by Crippen LogP contribution is 2.38. The van der Waals surface area contributed by atoms with Crippen molar-refractivity contribution in [1.82, 2.24) is 0 Å². The molecule has 2 rings (SSSR count). The predicted octanol–water partition coefficient (Wildman–Crippen LogP) is 7.43. The van der Waals surface area contributed by atoms with Crippen molar-refractivity contribution in [3.8, 4) is 17.2 Å². The maximum atomic E-state index is 10.0. The summed E-state index contributed by atoms with van der Waals surface area (Å²) in [6.07, 6.45) is 10.0. The quantitative estimate of drug-likeness (QED) is 0.431. The molecule has 0 spiro atoms. The summed E-state index contributed by atoms with van der Waals surface area (Å²) < 4.78 is 6.08. The molecule has 136 valence electrons. The second kappa shape index (κ2) is 10.8. The van der Waals surface area contributed by atoms with Crippen LogP contribution < -0.4 is 4.74 Å². The predicted molar refractivity (Wildman–Crippen MR) is 106 cm³/mol. The lowest BCUT2D eigenvalue weighted by Crippen LogP contribution is -2.02. The zero-order valence-electron chi connectivity index (χ0n) is 15.7. The van der Waals surface area contributed by atoms with Crippen molar-refractivity contribution in [2.45, 2.75) is 71.1 Å². The van der Waals surface area contributed by atoms with E-state index in [0.29, 0.717) is 11.7 Å². The minimum Gasteiger partial charge on any atom is -0.504 e. The minimum atomic E-state index is 0.186. The van der Waals surface area contributed by atoms with Gasteiger partial charge in [-0.3, -0.25) is 0 Å². The highest BCUT2D eigenvalue weighted by atomic mass is 16.5. The van der Waals surface area contributed by atoms with Crippen LogP contribution in [0.5, 0.6) is 17.2 Å². The van der Waals surface area contributed by atoms with Crippen molar-refractivity contribution in [3.63, 3.8) is 0 Å². The van der Waals surface area contributed by atoms with Gasteiger partial charge in [0.05, 0.1) is 0 Å². The molecule has 2 aromatic rings. The summed E-state index contributed by atoms with van der Waals surface area (Å²) in [7, 11) is 0. The van der Waals surface area contributed by atoms with Crippen LogP contribution in [0.3, 0.4) is 0 Å². The van der Waals surface area contributed by atoms with Crippen LogP contribution in [0.2, 0.25) is 0 Å². The average molecular weight is 341 g/mol. The Balaban J connectivity index is 2.17. The van der Waals surface area contributed by atoms with E-state index in [0.717, 1.165) is 5.75 Å². The zero-order chi connectivity index (χ0) is 17.9. The van der Waals surface area contributed by atoms with Crippen molar-refractivity contribution >= 4 is 0 Å². The fraction of sp³-hybridized carbons (Fsp3) is 0.478. The lowest BCUT2D eigenvalue weighted by atomic mass is 9.88. The number of hydrogen-bond donors (Lipinski definition) is 1. The van der Waals surface area contributed by atoms with E-state index in [2.05, 4.69) is 26.0 Å². The van der Waals surface area contributed by atoms with Gasteiger partial charge < -0.3 is 9.84 Å². The minimum absolute atomic E-state index is 0.186. The van der Waals surface area contributed by atoms with Crippen LogP contribution in [0.15, 0.2) is 48.5 Å². The number of benzene rings is 2. The molecular weight excluding hydrogens is 308 g/mol. The average Bonchev–Trinajstić information content (AvgIpc) is 2.64. The third-order valence-corrected chi connectivity index (χ3v) is 4.76. The lowest BCUT2D eigenvalue weighted by molar-refractivity contribution is 0.402. The number of rotatable bonds is 11. The van der Waals surface area contributed by atoms with Gasteiger partial charge in [-0.1, -0.05) is 82.7 Å². The molecule has 0 saturated heterocycles. The second-order valence-electron chi connectivity index (χ2n) is 6.80. The Morgan fingerprint density at radius 2 is 1.40 bits per heavy atom. The molecule has 0 aliphatic rings. The van der Waals surface area contributed by atoms with E-state index < -0.39 is 0 Å². The van der Waals surface area contributed by atoms with Gasteiger partial charge in [0.2, 0.25) is 0 Å². The molecule has 0 aliphatic carbocycles. The Morgan fingerprint density at radius 1 is 0.760 bits per heavy atom. The van der Waals surface area contributed by atoms with E-state index in [9.17, 15) is 5.11 Å². The van der Waals surface area contributed by atoms with Crippen molar-refractivity contribution < 1.29 is 9.84 Å². The first-order valence-electron chi connectivity index (χ1n) is 9.81. The fourth-order valence-electron chi connectivity index (χ4n) is 3.30. The Kier molecular flexibility index (Phi) is 8.38. The molecule has 0 fully saturated rings. The van der Waals surface area contributed by atoms with E-state index >= 15 is 0 Å². The van der Waals surface area contributed by atoms with Crippen LogP contribution in [0.25, 0.3) is 0 Å². The molecule has 0 bridgehead atoms. The molecule has 2 heteroatoms. The van der Waals surface area contributed by atoms with Gasteiger partial charge in [-0.2, -0.15) is 0 Å². The molecule has 1 N–H and O–H groups in total. The normalized spacial score (nSPS) is 12.1. The van der Waals surface area contributed by atoms with Gasteiger partial charge in [-0.15, -0.1) is 0 Å². The Hall–Kier alpha value is -1.96. The third kappa shape index (κ3) is 6.12. The van der Waals surface area contributed by atoms with Gasteiger partial charge in [0.1, 0.15) is 5.75 Å². The maximum Gasteiger partial charge on any atom is 0.169 e. The maximum absolute atomic E-state index is 10.0. The lowest BCUT2D eigenvalue weighted by Gasteiger charge is -2.21. The molecule has 2 nitrogen and oxygen atoms in total. The number of ether oxygens (including phenoxy) is 1. The van der Waals surface area contributed by atoms with Crippen molar-refractivity contribution in [1.29, 1.82) is 0 Å². The largest absolute Gasteiger partial charge is 0.504 e. The van der Waals surface area contributed by atoms with Gasteiger partial charge in [0.25, 0.3) is 0 Å².